The Morgan fingerprint density at radius 1 is 1.63 bits per heavy atom. The molecule has 2 N–H and O–H groups in total. The highest BCUT2D eigenvalue weighted by atomic mass is 127. The van der Waals surface area contributed by atoms with Gasteiger partial charge in [-0.15, -0.1) is 35.3 Å². The number of guanidine groups is 1. The fraction of sp³-hybridized carbons (Fsp3) is 0.643. The van der Waals surface area contributed by atoms with Crippen molar-refractivity contribution in [2.24, 2.45) is 16.6 Å². The van der Waals surface area contributed by atoms with Crippen LogP contribution >= 0.6 is 35.3 Å². The van der Waals surface area contributed by atoms with E-state index in [1.165, 1.54) is 17.7 Å². The maximum atomic E-state index is 6.09. The van der Waals surface area contributed by atoms with Crippen molar-refractivity contribution in [2.75, 3.05) is 19.6 Å². The van der Waals surface area contributed by atoms with Gasteiger partial charge in [0.1, 0.15) is 0 Å². The van der Waals surface area contributed by atoms with E-state index in [1.54, 1.807) is 11.3 Å². The van der Waals surface area contributed by atoms with Gasteiger partial charge in [0, 0.05) is 23.9 Å². The monoisotopic (exact) mass is 393 g/mol. The van der Waals surface area contributed by atoms with Crippen molar-refractivity contribution in [1.29, 1.82) is 0 Å². The lowest BCUT2D eigenvalue weighted by Crippen LogP contribution is -2.43. The number of nitrogens with two attached hydrogens (primary N) is 1. The lowest BCUT2D eigenvalue weighted by atomic mass is 10.0. The molecule has 0 amide bonds. The van der Waals surface area contributed by atoms with E-state index in [0.29, 0.717) is 5.92 Å². The summed E-state index contributed by atoms with van der Waals surface area (Å²) in [6.07, 6.45) is 2.55. The summed E-state index contributed by atoms with van der Waals surface area (Å²) in [4.78, 5) is 8.18. The number of hydrogen-bond acceptors (Lipinski definition) is 2. The molecule has 2 heterocycles. The molecule has 2 atom stereocenters. The Morgan fingerprint density at radius 3 is 3.05 bits per heavy atom. The second kappa shape index (κ2) is 8.09. The van der Waals surface area contributed by atoms with Gasteiger partial charge in [-0.25, -0.2) is 0 Å². The normalized spacial score (nSPS) is 21.9. The van der Waals surface area contributed by atoms with Gasteiger partial charge in [0.15, 0.2) is 5.96 Å². The molecule has 2 rings (SSSR count). The van der Waals surface area contributed by atoms with Crippen LogP contribution in [0.3, 0.4) is 0 Å². The SMILES string of the molecule is CC1CCCN(C(N)=NCC(C)c2cccs2)C1.I. The number of hydrogen-bond donors (Lipinski definition) is 1. The van der Waals surface area contributed by atoms with Crippen molar-refractivity contribution < 1.29 is 0 Å². The molecule has 0 radical (unpaired) electrons. The number of halogens is 1. The largest absolute Gasteiger partial charge is 0.370 e. The highest BCUT2D eigenvalue weighted by molar-refractivity contribution is 14.0. The summed E-state index contributed by atoms with van der Waals surface area (Å²) in [5, 5.41) is 2.12. The average molecular weight is 393 g/mol. The summed E-state index contributed by atoms with van der Waals surface area (Å²) in [6.45, 7) is 7.40. The second-order valence-corrected chi connectivity index (χ2v) is 6.29. The smallest absolute Gasteiger partial charge is 0.191 e. The predicted molar refractivity (Wildman–Crippen MR) is 94.6 cm³/mol. The molecule has 1 fully saturated rings. The Morgan fingerprint density at radius 2 is 2.42 bits per heavy atom. The van der Waals surface area contributed by atoms with Crippen LogP contribution in [-0.4, -0.2) is 30.5 Å². The first-order valence-electron chi connectivity index (χ1n) is 6.75. The van der Waals surface area contributed by atoms with E-state index in [-0.39, 0.29) is 24.0 Å². The quantitative estimate of drug-likeness (QED) is 0.485. The Kier molecular flexibility index (Phi) is 7.13. The molecule has 3 nitrogen and oxygen atoms in total. The first-order chi connectivity index (χ1) is 8.66. The lowest BCUT2D eigenvalue weighted by Gasteiger charge is -2.31. The van der Waals surface area contributed by atoms with Crippen LogP contribution in [0.1, 0.15) is 37.5 Å². The molecule has 0 aromatic carbocycles. The van der Waals surface area contributed by atoms with E-state index >= 15 is 0 Å². The zero-order valence-corrected chi connectivity index (χ0v) is 14.9. The Labute approximate surface area is 137 Å². The fourth-order valence-corrected chi connectivity index (χ4v) is 3.17. The molecule has 0 spiro atoms. The average Bonchev–Trinajstić information content (AvgIpc) is 2.89. The van der Waals surface area contributed by atoms with Crippen molar-refractivity contribution in [3.05, 3.63) is 22.4 Å². The Bertz CT molecular complexity index is 391. The predicted octanol–water partition coefficient (Wildman–Crippen LogP) is 3.52. The number of aliphatic imine (C=N–C) groups is 1. The first kappa shape index (κ1) is 16.8. The molecule has 5 heteroatoms. The van der Waals surface area contributed by atoms with Crippen LogP contribution in [0.25, 0.3) is 0 Å². The van der Waals surface area contributed by atoms with E-state index < -0.39 is 0 Å². The van der Waals surface area contributed by atoms with E-state index in [4.69, 9.17) is 5.73 Å². The topological polar surface area (TPSA) is 41.6 Å². The van der Waals surface area contributed by atoms with Crippen molar-refractivity contribution in [2.45, 2.75) is 32.6 Å². The van der Waals surface area contributed by atoms with Crippen LogP contribution < -0.4 is 5.73 Å². The van der Waals surface area contributed by atoms with Gasteiger partial charge in [0.2, 0.25) is 0 Å². The summed E-state index contributed by atoms with van der Waals surface area (Å²) >= 11 is 1.79. The van der Waals surface area contributed by atoms with Gasteiger partial charge in [-0.05, 0) is 30.2 Å². The molecule has 19 heavy (non-hydrogen) atoms. The minimum Gasteiger partial charge on any atom is -0.370 e. The maximum Gasteiger partial charge on any atom is 0.191 e. The molecule has 0 saturated carbocycles. The van der Waals surface area contributed by atoms with Crippen LogP contribution in [-0.2, 0) is 0 Å². The third-order valence-corrected chi connectivity index (χ3v) is 4.64. The van der Waals surface area contributed by atoms with Gasteiger partial charge < -0.3 is 10.6 Å². The Hall–Kier alpha value is -0.300. The molecule has 1 aromatic rings. The molecule has 2 unspecified atom stereocenters. The summed E-state index contributed by atoms with van der Waals surface area (Å²) in [6, 6.07) is 4.26. The van der Waals surface area contributed by atoms with Gasteiger partial charge in [-0.3, -0.25) is 4.99 Å². The van der Waals surface area contributed by atoms with Crippen molar-refractivity contribution in [3.8, 4) is 0 Å². The minimum absolute atomic E-state index is 0. The third kappa shape index (κ3) is 4.95. The summed E-state index contributed by atoms with van der Waals surface area (Å²) in [5.74, 6) is 1.93. The molecule has 1 aliphatic rings. The summed E-state index contributed by atoms with van der Waals surface area (Å²) in [5.41, 5.74) is 6.09. The Balaban J connectivity index is 0.00000180. The van der Waals surface area contributed by atoms with Crippen molar-refractivity contribution in [3.63, 3.8) is 0 Å². The van der Waals surface area contributed by atoms with Gasteiger partial charge in [-0.1, -0.05) is 19.9 Å². The molecular weight excluding hydrogens is 369 g/mol. The fourth-order valence-electron chi connectivity index (χ4n) is 2.39. The van der Waals surface area contributed by atoms with Crippen molar-refractivity contribution >= 4 is 41.3 Å². The number of nitrogens with zero attached hydrogens (tertiary/aromatic N) is 2. The van der Waals surface area contributed by atoms with Crippen LogP contribution in [0.15, 0.2) is 22.5 Å². The standard InChI is InChI=1S/C14H23N3S.HI/c1-11-5-3-7-17(10-11)14(15)16-9-12(2)13-6-4-8-18-13;/h4,6,8,11-12H,3,5,7,9-10H2,1-2H3,(H2,15,16);1H. The van der Waals surface area contributed by atoms with Crippen LogP contribution in [0.4, 0.5) is 0 Å². The van der Waals surface area contributed by atoms with E-state index in [0.717, 1.165) is 31.5 Å². The molecular formula is C14H24IN3S. The molecule has 1 aromatic heterocycles. The zero-order chi connectivity index (χ0) is 13.0. The molecule has 108 valence electrons. The highest BCUT2D eigenvalue weighted by Crippen LogP contribution is 2.21. The molecule has 0 bridgehead atoms. The number of piperidine rings is 1. The van der Waals surface area contributed by atoms with E-state index in [1.807, 2.05) is 0 Å². The zero-order valence-electron chi connectivity index (χ0n) is 11.7. The lowest BCUT2D eigenvalue weighted by molar-refractivity contribution is 0.270. The van der Waals surface area contributed by atoms with E-state index in [2.05, 4.69) is 41.3 Å². The van der Waals surface area contributed by atoms with Gasteiger partial charge >= 0.3 is 0 Å². The molecule has 1 saturated heterocycles. The van der Waals surface area contributed by atoms with Crippen LogP contribution in [0, 0.1) is 5.92 Å². The van der Waals surface area contributed by atoms with Gasteiger partial charge in [0.05, 0.1) is 6.54 Å². The summed E-state index contributed by atoms with van der Waals surface area (Å²) in [7, 11) is 0. The van der Waals surface area contributed by atoms with Crippen molar-refractivity contribution in [1.82, 2.24) is 4.90 Å². The number of thiophene rings is 1. The molecule has 0 aliphatic carbocycles. The summed E-state index contributed by atoms with van der Waals surface area (Å²) < 4.78 is 0. The highest BCUT2D eigenvalue weighted by Gasteiger charge is 2.17. The van der Waals surface area contributed by atoms with Crippen LogP contribution in [0.2, 0.25) is 0 Å². The molecule has 1 aliphatic heterocycles. The third-order valence-electron chi connectivity index (χ3n) is 3.54. The number of likely N-dealkylation sites (tertiary alicyclic amines) is 1. The van der Waals surface area contributed by atoms with E-state index in [9.17, 15) is 0 Å². The maximum absolute atomic E-state index is 6.09. The first-order valence-corrected chi connectivity index (χ1v) is 7.63. The minimum atomic E-state index is 0. The second-order valence-electron chi connectivity index (χ2n) is 5.31. The van der Waals surface area contributed by atoms with Gasteiger partial charge in [-0.2, -0.15) is 0 Å². The van der Waals surface area contributed by atoms with Crippen LogP contribution in [0.5, 0.6) is 0 Å². The van der Waals surface area contributed by atoms with Gasteiger partial charge in [0.25, 0.3) is 0 Å². The number of rotatable bonds is 3.